The van der Waals surface area contributed by atoms with Crippen LogP contribution in [0.25, 0.3) is 22.3 Å². The smallest absolute Gasteiger partial charge is 0.261 e. The Labute approximate surface area is 272 Å². The molecule has 4 heterocycles. The van der Waals surface area contributed by atoms with Gasteiger partial charge in [0, 0.05) is 77.6 Å². The Hall–Kier alpha value is -5.39. The van der Waals surface area contributed by atoms with E-state index in [1.807, 2.05) is 50.8 Å². The molecule has 0 atom stereocenters. The molecule has 4 aromatic rings. The van der Waals surface area contributed by atoms with Crippen LogP contribution in [0.3, 0.4) is 0 Å². The molecule has 12 heteroatoms. The van der Waals surface area contributed by atoms with E-state index in [4.69, 9.17) is 11.1 Å². The van der Waals surface area contributed by atoms with Crippen molar-refractivity contribution in [2.45, 2.75) is 52.5 Å². The molecule has 47 heavy (non-hydrogen) atoms. The number of likely N-dealkylation sites (tertiary alicyclic amines) is 1. The number of hydrogen-bond donors (Lipinski definition) is 4. The number of nitrogens with one attached hydrogen (secondary N) is 3. The molecule has 1 aromatic carbocycles. The van der Waals surface area contributed by atoms with Crippen LogP contribution >= 0.6 is 0 Å². The fraction of sp³-hybridized carbons (Fsp3) is 0.314. The van der Waals surface area contributed by atoms with Crippen molar-refractivity contribution in [2.75, 3.05) is 18.4 Å². The SMILES string of the molecule is CC(C)C(=O)N1CCC(c2cc(-c3ccc(NC(=O)c4cn(C(C)C)cc(-c5cncc(F)c5)c4=O)cc3)c(C(N)=NC=N)[nH]2)CC1. The molecule has 11 nitrogen and oxygen atoms in total. The van der Waals surface area contributed by atoms with Gasteiger partial charge in [-0.15, -0.1) is 0 Å². The van der Waals surface area contributed by atoms with Gasteiger partial charge in [-0.3, -0.25) is 24.8 Å². The lowest BCUT2D eigenvalue weighted by atomic mass is 9.92. The summed E-state index contributed by atoms with van der Waals surface area (Å²) in [5.41, 5.74) is 9.71. The van der Waals surface area contributed by atoms with Crippen LogP contribution in [0.4, 0.5) is 10.1 Å². The first-order valence-electron chi connectivity index (χ1n) is 15.6. The molecular weight excluding hydrogens is 599 g/mol. The average Bonchev–Trinajstić information content (AvgIpc) is 3.50. The highest BCUT2D eigenvalue weighted by Gasteiger charge is 2.27. The number of amidine groups is 1. The molecule has 0 saturated carbocycles. The highest BCUT2D eigenvalue weighted by molar-refractivity contribution is 6.06. The van der Waals surface area contributed by atoms with Gasteiger partial charge in [0.05, 0.1) is 11.9 Å². The van der Waals surface area contributed by atoms with E-state index in [0.29, 0.717) is 24.5 Å². The predicted molar refractivity (Wildman–Crippen MR) is 181 cm³/mol. The van der Waals surface area contributed by atoms with Gasteiger partial charge in [-0.05, 0) is 56.5 Å². The summed E-state index contributed by atoms with van der Waals surface area (Å²) >= 11 is 0. The summed E-state index contributed by atoms with van der Waals surface area (Å²) in [7, 11) is 0. The normalized spacial score (nSPS) is 14.1. The summed E-state index contributed by atoms with van der Waals surface area (Å²) in [5.74, 6) is -0.702. The number of benzene rings is 1. The van der Waals surface area contributed by atoms with Crippen molar-refractivity contribution in [3.8, 4) is 22.3 Å². The number of aromatic nitrogens is 3. The van der Waals surface area contributed by atoms with E-state index in [0.717, 1.165) is 42.2 Å². The minimum atomic E-state index is -0.599. The highest BCUT2D eigenvalue weighted by atomic mass is 19.1. The molecule has 1 aliphatic heterocycles. The van der Waals surface area contributed by atoms with Crippen LogP contribution in [0, 0.1) is 17.1 Å². The molecule has 0 radical (unpaired) electrons. The predicted octanol–water partition coefficient (Wildman–Crippen LogP) is 5.55. The number of carbonyl (C=O) groups is 2. The maximum absolute atomic E-state index is 13.9. The first kappa shape index (κ1) is 33.0. The molecule has 1 fully saturated rings. The third kappa shape index (κ3) is 7.21. The van der Waals surface area contributed by atoms with Crippen LogP contribution in [0.2, 0.25) is 0 Å². The molecule has 1 aliphatic rings. The van der Waals surface area contributed by atoms with E-state index >= 15 is 0 Å². The summed E-state index contributed by atoms with van der Waals surface area (Å²) in [6.45, 7) is 8.99. The molecule has 5 rings (SSSR count). The van der Waals surface area contributed by atoms with Crippen LogP contribution in [0.1, 0.15) is 74.2 Å². The first-order valence-corrected chi connectivity index (χ1v) is 15.6. The minimum Gasteiger partial charge on any atom is -0.382 e. The van der Waals surface area contributed by atoms with Crippen molar-refractivity contribution >= 4 is 29.7 Å². The van der Waals surface area contributed by atoms with E-state index in [2.05, 4.69) is 20.3 Å². The number of aliphatic imine (C=N–C) groups is 1. The van der Waals surface area contributed by atoms with Gasteiger partial charge in [-0.1, -0.05) is 26.0 Å². The number of H-pyrrole nitrogens is 1. The second kappa shape index (κ2) is 13.9. The molecule has 0 aliphatic carbocycles. The van der Waals surface area contributed by atoms with E-state index in [1.165, 1.54) is 18.5 Å². The van der Waals surface area contributed by atoms with Crippen molar-refractivity contribution < 1.29 is 14.0 Å². The molecule has 2 amide bonds. The molecule has 1 saturated heterocycles. The maximum Gasteiger partial charge on any atom is 0.261 e. The summed E-state index contributed by atoms with van der Waals surface area (Å²) in [4.78, 5) is 52.5. The third-order valence-corrected chi connectivity index (χ3v) is 8.39. The van der Waals surface area contributed by atoms with Crippen molar-refractivity contribution in [1.29, 1.82) is 5.41 Å². The van der Waals surface area contributed by atoms with E-state index in [1.54, 1.807) is 22.9 Å². The van der Waals surface area contributed by atoms with Crippen molar-refractivity contribution in [2.24, 2.45) is 16.6 Å². The van der Waals surface area contributed by atoms with Gasteiger partial charge in [-0.2, -0.15) is 0 Å². The Morgan fingerprint density at radius 3 is 2.38 bits per heavy atom. The van der Waals surface area contributed by atoms with Crippen LogP contribution in [-0.4, -0.2) is 56.5 Å². The fourth-order valence-corrected chi connectivity index (χ4v) is 5.79. The molecule has 5 N–H and O–H groups in total. The Balaban J connectivity index is 1.40. The molecule has 0 bridgehead atoms. The standard InChI is InChI=1S/C35H39FN8O3/c1-20(2)35(47)43-11-9-23(10-12-43)30-14-27(31(42-30)33(38)40-19-37)22-5-7-26(8-6-22)41-34(46)29-18-44(21(3)4)17-28(32(29)45)24-13-25(36)16-39-15-24/h5-8,13-21,23,42H,9-12H2,1-4H3,(H,41,46)(H3,37,38,40). The van der Waals surface area contributed by atoms with Gasteiger partial charge in [0.1, 0.15) is 23.6 Å². The summed E-state index contributed by atoms with van der Waals surface area (Å²) < 4.78 is 15.7. The van der Waals surface area contributed by atoms with E-state index in [9.17, 15) is 18.8 Å². The number of hydrogen-bond acceptors (Lipinski definition) is 5. The summed E-state index contributed by atoms with van der Waals surface area (Å²) in [6.07, 6.45) is 8.04. The monoisotopic (exact) mass is 638 g/mol. The van der Waals surface area contributed by atoms with Gasteiger partial charge < -0.3 is 25.5 Å². The number of pyridine rings is 2. The van der Waals surface area contributed by atoms with Crippen molar-refractivity contribution in [3.63, 3.8) is 0 Å². The number of anilines is 1. The Morgan fingerprint density at radius 2 is 1.77 bits per heavy atom. The van der Waals surface area contributed by atoms with Crippen LogP contribution < -0.4 is 16.5 Å². The van der Waals surface area contributed by atoms with Crippen LogP contribution in [-0.2, 0) is 4.79 Å². The second-order valence-electron chi connectivity index (χ2n) is 12.3. The van der Waals surface area contributed by atoms with Gasteiger partial charge in [0.25, 0.3) is 5.91 Å². The number of nitrogens with two attached hydrogens (primary N) is 1. The zero-order valence-corrected chi connectivity index (χ0v) is 26.9. The Kier molecular flexibility index (Phi) is 9.78. The van der Waals surface area contributed by atoms with Crippen LogP contribution in [0.15, 0.2) is 71.0 Å². The number of aromatic amines is 1. The van der Waals surface area contributed by atoms with Gasteiger partial charge in [0.2, 0.25) is 11.3 Å². The van der Waals surface area contributed by atoms with Crippen LogP contribution in [0.5, 0.6) is 0 Å². The maximum atomic E-state index is 13.9. The number of rotatable bonds is 9. The molecule has 244 valence electrons. The van der Waals surface area contributed by atoms with E-state index < -0.39 is 17.2 Å². The number of nitrogens with zero attached hydrogens (tertiary/aromatic N) is 4. The lowest BCUT2D eigenvalue weighted by Crippen LogP contribution is -2.40. The summed E-state index contributed by atoms with van der Waals surface area (Å²) in [5, 5.41) is 10.2. The van der Waals surface area contributed by atoms with Crippen molar-refractivity contribution in [1.82, 2.24) is 19.4 Å². The molecule has 3 aromatic heterocycles. The molecule has 0 unspecified atom stereocenters. The lowest BCUT2D eigenvalue weighted by Gasteiger charge is -2.32. The number of amides is 2. The lowest BCUT2D eigenvalue weighted by molar-refractivity contribution is -0.135. The highest BCUT2D eigenvalue weighted by Crippen LogP contribution is 2.34. The Bertz CT molecular complexity index is 1880. The topological polar surface area (TPSA) is 162 Å². The van der Waals surface area contributed by atoms with Gasteiger partial charge >= 0.3 is 0 Å². The van der Waals surface area contributed by atoms with Gasteiger partial charge in [-0.25, -0.2) is 9.38 Å². The second-order valence-corrected chi connectivity index (χ2v) is 12.3. The van der Waals surface area contributed by atoms with Gasteiger partial charge in [0.15, 0.2) is 0 Å². The van der Waals surface area contributed by atoms with E-state index in [-0.39, 0.29) is 46.3 Å². The number of halogens is 1. The Morgan fingerprint density at radius 1 is 1.06 bits per heavy atom. The third-order valence-electron chi connectivity index (χ3n) is 8.39. The van der Waals surface area contributed by atoms with Crippen molar-refractivity contribution in [3.05, 3.63) is 94.2 Å². The zero-order chi connectivity index (χ0) is 33.8. The molecular formula is C35H39FN8O3. The zero-order valence-electron chi connectivity index (χ0n) is 26.9. The average molecular weight is 639 g/mol. The summed E-state index contributed by atoms with van der Waals surface area (Å²) in [6, 6.07) is 10.3. The minimum absolute atomic E-state index is 0.0400. The molecule has 0 spiro atoms. The number of piperidine rings is 1. The quantitative estimate of drug-likeness (QED) is 0.139. The fourth-order valence-electron chi connectivity index (χ4n) is 5.79. The first-order chi connectivity index (χ1) is 22.5. The number of carbonyl (C=O) groups excluding carboxylic acids is 2. The largest absolute Gasteiger partial charge is 0.382 e.